The molecule has 0 saturated heterocycles. The maximum atomic E-state index is 13.9. The molecule has 0 amide bonds. The van der Waals surface area contributed by atoms with Crippen LogP contribution in [0.2, 0.25) is 0 Å². The molecule has 0 spiro atoms. The van der Waals surface area contributed by atoms with Gasteiger partial charge in [0.2, 0.25) is 0 Å². The number of carbonyl (C=O) groups is 1. The van der Waals surface area contributed by atoms with E-state index < -0.39 is 11.8 Å². The lowest BCUT2D eigenvalue weighted by atomic mass is 9.95. The molecule has 0 aliphatic heterocycles. The third kappa shape index (κ3) is 8.00. The molecule has 0 bridgehead atoms. The Kier molecular flexibility index (Phi) is 8.71. The van der Waals surface area contributed by atoms with E-state index in [-0.39, 0.29) is 11.0 Å². The van der Waals surface area contributed by atoms with Gasteiger partial charge in [-0.2, -0.15) is 0 Å². The van der Waals surface area contributed by atoms with E-state index in [1.54, 1.807) is 6.07 Å². The van der Waals surface area contributed by atoms with Crippen LogP contribution in [-0.2, 0) is 13.0 Å². The average molecular weight is 472 g/mol. The van der Waals surface area contributed by atoms with Crippen molar-refractivity contribution >= 4 is 11.7 Å². The molecule has 0 aromatic heterocycles. The summed E-state index contributed by atoms with van der Waals surface area (Å²) >= 11 is 0. The Hall–Kier alpha value is -3.58. The minimum Gasteiger partial charge on any atom is -0.478 e. The topological polar surface area (TPSA) is 40.5 Å². The van der Waals surface area contributed by atoms with Crippen LogP contribution in [0.25, 0.3) is 0 Å². The Morgan fingerprint density at radius 3 is 2.00 bits per heavy atom. The third-order valence-corrected chi connectivity index (χ3v) is 5.66. The molecule has 1 N–H and O–H groups in total. The maximum absolute atomic E-state index is 13.9. The molecule has 4 heteroatoms. The molecule has 35 heavy (non-hydrogen) atoms. The highest BCUT2D eigenvalue weighted by molar-refractivity contribution is 5.89. The summed E-state index contributed by atoms with van der Waals surface area (Å²) in [6.45, 7) is 9.83. The van der Waals surface area contributed by atoms with Crippen LogP contribution in [0.15, 0.2) is 66.7 Å². The standard InChI is InChI=1S/C31H34FNO2/c1-5-6-7-23-8-10-24(11-9-23)12-13-25-14-16-26(17-15-25)21-33(22-31(2,3)4)27-18-19-29(32)28(20-27)30(34)35/h8-11,14-20H,5-7,21-22H2,1-4H3,(H,34,35). The minimum absolute atomic E-state index is 0.0325. The summed E-state index contributed by atoms with van der Waals surface area (Å²) in [5, 5.41) is 9.33. The van der Waals surface area contributed by atoms with Gasteiger partial charge >= 0.3 is 5.97 Å². The van der Waals surface area contributed by atoms with Crippen LogP contribution in [0, 0.1) is 23.1 Å². The number of hydrogen-bond donors (Lipinski definition) is 1. The number of anilines is 1. The van der Waals surface area contributed by atoms with E-state index in [4.69, 9.17) is 0 Å². The second-order valence-corrected chi connectivity index (χ2v) is 10.1. The predicted octanol–water partition coefficient (Wildman–Crippen LogP) is 7.32. The number of carboxylic acids is 1. The summed E-state index contributed by atoms with van der Waals surface area (Å²) in [4.78, 5) is 13.5. The summed E-state index contributed by atoms with van der Waals surface area (Å²) in [7, 11) is 0. The van der Waals surface area contributed by atoms with E-state index in [9.17, 15) is 14.3 Å². The molecular formula is C31H34FNO2. The van der Waals surface area contributed by atoms with Gasteiger partial charge in [-0.05, 0) is 71.8 Å². The average Bonchev–Trinajstić information content (AvgIpc) is 2.82. The molecular weight excluding hydrogens is 437 g/mol. The van der Waals surface area contributed by atoms with Gasteiger partial charge in [-0.25, -0.2) is 9.18 Å². The van der Waals surface area contributed by atoms with Crippen molar-refractivity contribution in [2.45, 2.75) is 53.5 Å². The number of hydrogen-bond acceptors (Lipinski definition) is 2. The quantitative estimate of drug-likeness (QED) is 0.350. The monoisotopic (exact) mass is 471 g/mol. The van der Waals surface area contributed by atoms with Crippen LogP contribution in [-0.4, -0.2) is 17.6 Å². The molecule has 0 atom stereocenters. The molecule has 3 nitrogen and oxygen atoms in total. The fourth-order valence-corrected chi connectivity index (χ4v) is 3.88. The normalized spacial score (nSPS) is 11.0. The van der Waals surface area contributed by atoms with Gasteiger partial charge in [0.05, 0.1) is 5.56 Å². The molecule has 0 aliphatic rings. The molecule has 0 unspecified atom stereocenters. The highest BCUT2D eigenvalue weighted by Crippen LogP contribution is 2.26. The molecule has 0 heterocycles. The van der Waals surface area contributed by atoms with Gasteiger partial charge in [-0.1, -0.05) is 70.2 Å². The highest BCUT2D eigenvalue weighted by atomic mass is 19.1. The van der Waals surface area contributed by atoms with Crippen molar-refractivity contribution in [3.05, 3.63) is 100 Å². The number of halogens is 1. The zero-order valence-corrected chi connectivity index (χ0v) is 21.1. The number of nitrogens with zero attached hydrogens (tertiary/aromatic N) is 1. The van der Waals surface area contributed by atoms with E-state index in [0.717, 1.165) is 23.1 Å². The number of carboxylic acid groups (broad SMARTS) is 1. The smallest absolute Gasteiger partial charge is 0.338 e. The molecule has 0 saturated carbocycles. The van der Waals surface area contributed by atoms with E-state index >= 15 is 0 Å². The summed E-state index contributed by atoms with van der Waals surface area (Å²) in [5.41, 5.74) is 4.68. The van der Waals surface area contributed by atoms with Gasteiger partial charge in [0, 0.05) is 29.9 Å². The molecule has 0 radical (unpaired) electrons. The van der Waals surface area contributed by atoms with Crippen LogP contribution in [0.3, 0.4) is 0 Å². The first-order valence-electron chi connectivity index (χ1n) is 12.1. The van der Waals surface area contributed by atoms with Gasteiger partial charge < -0.3 is 10.0 Å². The fraction of sp³-hybridized carbons (Fsp3) is 0.323. The van der Waals surface area contributed by atoms with Crippen LogP contribution in [0.5, 0.6) is 0 Å². The lowest BCUT2D eigenvalue weighted by Crippen LogP contribution is -2.32. The van der Waals surface area contributed by atoms with Crippen molar-refractivity contribution in [1.82, 2.24) is 0 Å². The van der Waals surface area contributed by atoms with Crippen molar-refractivity contribution < 1.29 is 14.3 Å². The Balaban J connectivity index is 1.75. The maximum Gasteiger partial charge on any atom is 0.338 e. The van der Waals surface area contributed by atoms with Crippen molar-refractivity contribution in [2.75, 3.05) is 11.4 Å². The van der Waals surface area contributed by atoms with Crippen molar-refractivity contribution in [3.63, 3.8) is 0 Å². The highest BCUT2D eigenvalue weighted by Gasteiger charge is 2.20. The predicted molar refractivity (Wildman–Crippen MR) is 141 cm³/mol. The number of rotatable bonds is 8. The van der Waals surface area contributed by atoms with Gasteiger partial charge in [-0.15, -0.1) is 0 Å². The molecule has 182 valence electrons. The Morgan fingerprint density at radius 1 is 0.914 bits per heavy atom. The van der Waals surface area contributed by atoms with Crippen LogP contribution < -0.4 is 4.90 Å². The molecule has 3 aromatic carbocycles. The lowest BCUT2D eigenvalue weighted by Gasteiger charge is -2.32. The van der Waals surface area contributed by atoms with Gasteiger partial charge in [-0.3, -0.25) is 0 Å². The van der Waals surface area contributed by atoms with E-state index in [2.05, 4.69) is 68.7 Å². The SMILES string of the molecule is CCCCc1ccc(C#Cc2ccc(CN(CC(C)(C)C)c3ccc(F)c(C(=O)O)c3)cc2)cc1. The second kappa shape index (κ2) is 11.7. The van der Waals surface area contributed by atoms with E-state index in [1.807, 2.05) is 24.3 Å². The molecule has 3 aromatic rings. The molecule has 3 rings (SSSR count). The zero-order chi connectivity index (χ0) is 25.4. The first-order valence-corrected chi connectivity index (χ1v) is 12.1. The first kappa shape index (κ1) is 26.0. The summed E-state index contributed by atoms with van der Waals surface area (Å²) in [6, 6.07) is 20.8. The summed E-state index contributed by atoms with van der Waals surface area (Å²) < 4.78 is 13.9. The minimum atomic E-state index is -1.27. The van der Waals surface area contributed by atoms with E-state index in [0.29, 0.717) is 18.8 Å². The molecule has 0 aliphatic carbocycles. The summed E-state index contributed by atoms with van der Waals surface area (Å²) in [6.07, 6.45) is 3.50. The largest absolute Gasteiger partial charge is 0.478 e. The van der Waals surface area contributed by atoms with E-state index in [1.165, 1.54) is 30.5 Å². The van der Waals surface area contributed by atoms with Crippen molar-refractivity contribution in [3.8, 4) is 11.8 Å². The Bertz CT molecular complexity index is 1200. The third-order valence-electron chi connectivity index (χ3n) is 5.66. The van der Waals surface area contributed by atoms with Crippen molar-refractivity contribution in [2.24, 2.45) is 5.41 Å². The van der Waals surface area contributed by atoms with Gasteiger partial charge in [0.25, 0.3) is 0 Å². The van der Waals surface area contributed by atoms with Gasteiger partial charge in [0.15, 0.2) is 0 Å². The first-order chi connectivity index (χ1) is 16.6. The number of unbranched alkanes of at least 4 members (excludes halogenated alkanes) is 1. The summed E-state index contributed by atoms with van der Waals surface area (Å²) in [5.74, 6) is 4.47. The molecule has 0 fully saturated rings. The number of benzene rings is 3. The van der Waals surface area contributed by atoms with Crippen molar-refractivity contribution in [1.29, 1.82) is 0 Å². The Labute approximate surface area is 208 Å². The van der Waals surface area contributed by atoms with Crippen LogP contribution in [0.4, 0.5) is 10.1 Å². The van der Waals surface area contributed by atoms with Gasteiger partial charge in [0.1, 0.15) is 5.82 Å². The lowest BCUT2D eigenvalue weighted by molar-refractivity contribution is 0.0692. The number of aryl methyl sites for hydroxylation is 1. The fourth-order valence-electron chi connectivity index (χ4n) is 3.88. The Morgan fingerprint density at radius 2 is 1.49 bits per heavy atom. The number of aromatic carboxylic acids is 1. The zero-order valence-electron chi connectivity index (χ0n) is 21.1. The second-order valence-electron chi connectivity index (χ2n) is 10.1. The van der Waals surface area contributed by atoms with Crippen LogP contribution >= 0.6 is 0 Å². The van der Waals surface area contributed by atoms with Crippen LogP contribution in [0.1, 0.15) is 73.1 Å².